The van der Waals surface area contributed by atoms with Crippen LogP contribution in [0.15, 0.2) is 54.8 Å². The van der Waals surface area contributed by atoms with Crippen LogP contribution in [0.1, 0.15) is 5.56 Å². The highest BCUT2D eigenvalue weighted by atomic mass is 16.5. The van der Waals surface area contributed by atoms with Gasteiger partial charge in [0.05, 0.1) is 30.6 Å². The molecule has 0 atom stereocenters. The van der Waals surface area contributed by atoms with Crippen LogP contribution in [0.4, 0.5) is 0 Å². The molecule has 1 heterocycles. The predicted molar refractivity (Wildman–Crippen MR) is 86.1 cm³/mol. The van der Waals surface area contributed by atoms with Crippen LogP contribution in [-0.4, -0.2) is 37.4 Å². The summed E-state index contributed by atoms with van der Waals surface area (Å²) in [4.78, 5) is 7.89. The lowest BCUT2D eigenvalue weighted by Crippen LogP contribution is -2.36. The molecule has 0 saturated heterocycles. The second kappa shape index (κ2) is 11.1. The van der Waals surface area contributed by atoms with Gasteiger partial charge in [-0.1, -0.05) is 35.3 Å². The van der Waals surface area contributed by atoms with Crippen molar-refractivity contribution in [3.05, 3.63) is 55.4 Å². The van der Waals surface area contributed by atoms with Crippen molar-refractivity contribution < 1.29 is 19.5 Å². The number of nitrogens with two attached hydrogens (primary N) is 1. The van der Waals surface area contributed by atoms with Crippen LogP contribution in [0.5, 0.6) is 0 Å². The first-order chi connectivity index (χ1) is 10.8. The van der Waals surface area contributed by atoms with Gasteiger partial charge in [-0.25, -0.2) is 4.57 Å². The molecule has 0 aliphatic heterocycles. The lowest BCUT2D eigenvalue weighted by Gasteiger charge is -2.04. The molecule has 0 spiro atoms. The van der Waals surface area contributed by atoms with Gasteiger partial charge in [0.2, 0.25) is 0 Å². The highest BCUT2D eigenvalue weighted by molar-refractivity contribution is 5.86. The number of nitrogens with zero attached hydrogens (tertiary/aromatic N) is 3. The standard InChI is InChI=1S/C16H21N4O2/c1-3-15-9-19-14-20(11-15)5-6-21-7-8-22-12-16(4-2)10-18-13-17/h3-4,9-14,17H,1-2,5-8H2/q+1/p+1/b16-12-,17-13?,18-10?. The second-order valence-corrected chi connectivity index (χ2v) is 4.20. The summed E-state index contributed by atoms with van der Waals surface area (Å²) in [5.74, 6) is 0. The van der Waals surface area contributed by atoms with E-state index in [9.17, 15) is 0 Å². The molecule has 0 amide bonds. The summed E-state index contributed by atoms with van der Waals surface area (Å²) in [6.45, 7) is 9.61. The lowest BCUT2D eigenvalue weighted by atomic mass is 10.3. The van der Waals surface area contributed by atoms with Crippen molar-refractivity contribution in [1.82, 2.24) is 4.98 Å². The van der Waals surface area contributed by atoms with E-state index in [-0.39, 0.29) is 0 Å². The Labute approximate surface area is 130 Å². The van der Waals surface area contributed by atoms with E-state index in [1.165, 1.54) is 6.34 Å². The third kappa shape index (κ3) is 7.25. The molecule has 0 bridgehead atoms. The van der Waals surface area contributed by atoms with E-state index in [2.05, 4.69) is 23.1 Å². The summed E-state index contributed by atoms with van der Waals surface area (Å²) in [6.07, 6.45) is 13.2. The maximum Gasteiger partial charge on any atom is 0.286 e. The van der Waals surface area contributed by atoms with Crippen LogP contribution in [0.25, 0.3) is 6.08 Å². The summed E-state index contributed by atoms with van der Waals surface area (Å²) in [5, 5.41) is 5.15. The zero-order chi connectivity index (χ0) is 16.0. The largest absolute Gasteiger partial charge is 0.498 e. The molecule has 6 nitrogen and oxygen atoms in total. The fourth-order valence-electron chi connectivity index (χ4n) is 1.49. The van der Waals surface area contributed by atoms with E-state index >= 15 is 0 Å². The molecule has 6 heteroatoms. The molecule has 1 aromatic heterocycles. The van der Waals surface area contributed by atoms with Gasteiger partial charge in [0.25, 0.3) is 12.7 Å². The molecular formula is C16H22N4O2+2. The average molecular weight is 302 g/mol. The Balaban J connectivity index is 2.18. The van der Waals surface area contributed by atoms with Crippen molar-refractivity contribution in [3.8, 4) is 0 Å². The minimum absolute atomic E-state index is 0.452. The molecule has 116 valence electrons. The smallest absolute Gasteiger partial charge is 0.286 e. The fourth-order valence-corrected chi connectivity index (χ4v) is 1.49. The van der Waals surface area contributed by atoms with Gasteiger partial charge in [-0.15, -0.1) is 0 Å². The van der Waals surface area contributed by atoms with Crippen molar-refractivity contribution in [3.63, 3.8) is 0 Å². The molecule has 0 aliphatic carbocycles. The topological polar surface area (TPSA) is 73.2 Å². The van der Waals surface area contributed by atoms with E-state index in [0.29, 0.717) is 19.8 Å². The summed E-state index contributed by atoms with van der Waals surface area (Å²) in [5.41, 5.74) is 1.72. The highest BCUT2D eigenvalue weighted by Crippen LogP contribution is 1.93. The van der Waals surface area contributed by atoms with Gasteiger partial charge in [-0.3, -0.25) is 5.41 Å². The van der Waals surface area contributed by atoms with Gasteiger partial charge in [-0.2, -0.15) is 0 Å². The first kappa shape index (κ1) is 17.5. The summed E-state index contributed by atoms with van der Waals surface area (Å²) < 4.78 is 12.8. The molecular weight excluding hydrogens is 280 g/mol. The Bertz CT molecular complexity index is 553. The highest BCUT2D eigenvalue weighted by Gasteiger charge is 2.00. The quantitative estimate of drug-likeness (QED) is 0.156. The van der Waals surface area contributed by atoms with Crippen molar-refractivity contribution in [1.29, 1.82) is 0 Å². The van der Waals surface area contributed by atoms with Crippen LogP contribution < -0.4 is 9.98 Å². The molecule has 1 rings (SSSR count). The third-order valence-electron chi connectivity index (χ3n) is 2.59. The molecule has 0 aliphatic rings. The number of aliphatic imine (C=N–C) groups is 1. The second-order valence-electron chi connectivity index (χ2n) is 4.20. The first-order valence-corrected chi connectivity index (χ1v) is 6.85. The summed E-state index contributed by atoms with van der Waals surface area (Å²) in [7, 11) is 0. The van der Waals surface area contributed by atoms with Crippen molar-refractivity contribution in [2.45, 2.75) is 6.54 Å². The minimum Gasteiger partial charge on any atom is -0.498 e. The van der Waals surface area contributed by atoms with E-state index in [1.54, 1.807) is 37.2 Å². The number of aromatic nitrogens is 2. The summed E-state index contributed by atoms with van der Waals surface area (Å²) >= 11 is 0. The maximum absolute atomic E-state index is 5.49. The predicted octanol–water partition coefficient (Wildman–Crippen LogP) is -0.0266. The summed E-state index contributed by atoms with van der Waals surface area (Å²) in [6, 6.07) is 0. The normalized spacial score (nSPS) is 11.4. The Morgan fingerprint density at radius 2 is 2.23 bits per heavy atom. The first-order valence-electron chi connectivity index (χ1n) is 6.85. The molecule has 0 aromatic carbocycles. The number of allylic oxidation sites excluding steroid dienone is 2. The maximum atomic E-state index is 5.49. The molecule has 0 radical (unpaired) electrons. The van der Waals surface area contributed by atoms with Gasteiger partial charge >= 0.3 is 0 Å². The molecule has 22 heavy (non-hydrogen) atoms. The van der Waals surface area contributed by atoms with Gasteiger partial charge < -0.3 is 9.47 Å². The zero-order valence-electron chi connectivity index (χ0n) is 12.6. The van der Waals surface area contributed by atoms with Crippen LogP contribution in [0.3, 0.4) is 0 Å². The average Bonchev–Trinajstić information content (AvgIpc) is 2.57. The van der Waals surface area contributed by atoms with Crippen molar-refractivity contribution in [2.24, 2.45) is 4.99 Å². The van der Waals surface area contributed by atoms with Gasteiger partial charge in [0.1, 0.15) is 31.8 Å². The van der Waals surface area contributed by atoms with Crippen molar-refractivity contribution in [2.75, 3.05) is 19.8 Å². The zero-order valence-corrected chi connectivity index (χ0v) is 12.6. The van der Waals surface area contributed by atoms with E-state index in [0.717, 1.165) is 17.7 Å². The monoisotopic (exact) mass is 302 g/mol. The Kier molecular flexibility index (Phi) is 8.81. The molecule has 2 N–H and O–H groups in total. The minimum atomic E-state index is 0.452. The lowest BCUT2D eigenvalue weighted by molar-refractivity contribution is -0.701. The van der Waals surface area contributed by atoms with Crippen LogP contribution in [0, 0.1) is 0 Å². The van der Waals surface area contributed by atoms with Gasteiger partial charge in [0, 0.05) is 0 Å². The molecule has 0 fully saturated rings. The van der Waals surface area contributed by atoms with E-state index in [1.807, 2.05) is 10.8 Å². The van der Waals surface area contributed by atoms with Crippen LogP contribution in [0.2, 0.25) is 0 Å². The van der Waals surface area contributed by atoms with Crippen LogP contribution >= 0.6 is 0 Å². The Morgan fingerprint density at radius 1 is 1.36 bits per heavy atom. The molecule has 0 saturated carbocycles. The Morgan fingerprint density at radius 3 is 2.95 bits per heavy atom. The molecule has 1 aromatic rings. The van der Waals surface area contributed by atoms with E-state index in [4.69, 9.17) is 14.9 Å². The van der Waals surface area contributed by atoms with Gasteiger partial charge in [0.15, 0.2) is 0 Å². The fraction of sp³-hybridized carbons (Fsp3) is 0.250. The van der Waals surface area contributed by atoms with Crippen molar-refractivity contribution >= 4 is 18.6 Å². The third-order valence-corrected chi connectivity index (χ3v) is 2.59. The SMILES string of the molecule is C=C/C(C=NC=[NH2+])=C/OCCOCC[n+]1cncc(C=C)c1. The number of rotatable bonds is 11. The van der Waals surface area contributed by atoms with E-state index < -0.39 is 0 Å². The molecule has 0 unspecified atom stereocenters. The number of ether oxygens (including phenoxy) is 2. The number of hydrogen-bond acceptors (Lipinski definition) is 3. The number of hydrogen-bond donors (Lipinski definition) is 1. The van der Waals surface area contributed by atoms with Crippen LogP contribution in [-0.2, 0) is 16.0 Å². The van der Waals surface area contributed by atoms with Gasteiger partial charge in [-0.05, 0) is 0 Å². The Hall–Kier alpha value is -2.60.